The van der Waals surface area contributed by atoms with Gasteiger partial charge in [0.15, 0.2) is 0 Å². The van der Waals surface area contributed by atoms with Crippen molar-refractivity contribution in [3.63, 3.8) is 0 Å². The molecule has 0 aliphatic carbocycles. The monoisotopic (exact) mass is 260 g/mol. The van der Waals surface area contributed by atoms with E-state index in [2.05, 4.69) is 48.5 Å². The minimum atomic E-state index is 0.888. The molecule has 0 aromatic heterocycles. The Morgan fingerprint density at radius 1 is 1.21 bits per heavy atom. The number of benzene rings is 1. The van der Waals surface area contributed by atoms with Crippen LogP contribution >= 0.6 is 0 Å². The number of nitrogens with one attached hydrogen (secondary N) is 1. The fraction of sp³-hybridized carbons (Fsp3) is 0.647. The van der Waals surface area contributed by atoms with E-state index in [-0.39, 0.29) is 0 Å². The quantitative estimate of drug-likeness (QED) is 0.845. The maximum Gasteiger partial charge on any atom is 0.0230 e. The van der Waals surface area contributed by atoms with Crippen molar-refractivity contribution in [1.82, 2.24) is 10.2 Å². The van der Waals surface area contributed by atoms with Crippen molar-refractivity contribution in [3.8, 4) is 0 Å². The summed E-state index contributed by atoms with van der Waals surface area (Å²) in [5.41, 5.74) is 2.86. The Morgan fingerprint density at radius 3 is 2.58 bits per heavy atom. The van der Waals surface area contributed by atoms with Crippen molar-refractivity contribution in [1.29, 1.82) is 0 Å². The Labute approximate surface area is 118 Å². The second kappa shape index (κ2) is 7.66. The Hall–Kier alpha value is -0.860. The van der Waals surface area contributed by atoms with Crippen molar-refractivity contribution in [2.45, 2.75) is 39.2 Å². The molecule has 106 valence electrons. The largest absolute Gasteiger partial charge is 0.316 e. The van der Waals surface area contributed by atoms with E-state index in [0.29, 0.717) is 0 Å². The SMILES string of the molecule is CCc1ccc(CN(C)CCC2CCCNC2)cc1. The van der Waals surface area contributed by atoms with Crippen molar-refractivity contribution in [2.75, 3.05) is 26.7 Å². The van der Waals surface area contributed by atoms with Crippen LogP contribution in [0.25, 0.3) is 0 Å². The Morgan fingerprint density at radius 2 is 1.95 bits per heavy atom. The molecule has 2 heteroatoms. The number of rotatable bonds is 6. The summed E-state index contributed by atoms with van der Waals surface area (Å²) in [6, 6.07) is 9.07. The molecule has 0 spiro atoms. The first-order valence-corrected chi connectivity index (χ1v) is 7.75. The van der Waals surface area contributed by atoms with Crippen molar-refractivity contribution in [2.24, 2.45) is 5.92 Å². The molecule has 0 amide bonds. The first kappa shape index (κ1) is 14.5. The molecule has 1 saturated heterocycles. The highest BCUT2D eigenvalue weighted by molar-refractivity contribution is 5.22. The van der Waals surface area contributed by atoms with E-state index < -0.39 is 0 Å². The Balaban J connectivity index is 1.71. The maximum atomic E-state index is 3.50. The van der Waals surface area contributed by atoms with Gasteiger partial charge in [0.1, 0.15) is 0 Å². The highest BCUT2D eigenvalue weighted by Gasteiger charge is 2.13. The maximum absolute atomic E-state index is 3.50. The van der Waals surface area contributed by atoms with Gasteiger partial charge in [0.05, 0.1) is 0 Å². The standard InChI is InChI=1S/C17H28N2/c1-3-15-6-8-17(9-7-15)14-19(2)12-10-16-5-4-11-18-13-16/h6-9,16,18H,3-5,10-14H2,1-2H3. The van der Waals surface area contributed by atoms with E-state index in [4.69, 9.17) is 0 Å². The highest BCUT2D eigenvalue weighted by atomic mass is 15.1. The van der Waals surface area contributed by atoms with Gasteiger partial charge in [-0.05, 0) is 69.4 Å². The summed E-state index contributed by atoms with van der Waals surface area (Å²) in [4.78, 5) is 2.45. The van der Waals surface area contributed by atoms with Crippen LogP contribution in [-0.2, 0) is 13.0 Å². The van der Waals surface area contributed by atoms with Crippen LogP contribution in [0.1, 0.15) is 37.3 Å². The second-order valence-corrected chi connectivity index (χ2v) is 5.91. The summed E-state index contributed by atoms with van der Waals surface area (Å²) in [6.45, 7) is 6.93. The second-order valence-electron chi connectivity index (χ2n) is 5.91. The summed E-state index contributed by atoms with van der Waals surface area (Å²) in [7, 11) is 2.24. The molecule has 1 atom stereocenters. The topological polar surface area (TPSA) is 15.3 Å². The number of hydrogen-bond acceptors (Lipinski definition) is 2. The van der Waals surface area contributed by atoms with Gasteiger partial charge in [-0.2, -0.15) is 0 Å². The summed E-state index contributed by atoms with van der Waals surface area (Å²) in [5.74, 6) is 0.888. The van der Waals surface area contributed by atoms with Gasteiger partial charge in [-0.15, -0.1) is 0 Å². The molecule has 0 radical (unpaired) electrons. The van der Waals surface area contributed by atoms with Crippen molar-refractivity contribution >= 4 is 0 Å². The zero-order valence-corrected chi connectivity index (χ0v) is 12.5. The summed E-state index contributed by atoms with van der Waals surface area (Å²) in [5, 5.41) is 3.50. The van der Waals surface area contributed by atoms with Gasteiger partial charge in [-0.25, -0.2) is 0 Å². The third-order valence-corrected chi connectivity index (χ3v) is 4.20. The van der Waals surface area contributed by atoms with Gasteiger partial charge in [-0.1, -0.05) is 31.2 Å². The van der Waals surface area contributed by atoms with Crippen LogP contribution in [0, 0.1) is 5.92 Å². The zero-order valence-electron chi connectivity index (χ0n) is 12.5. The lowest BCUT2D eigenvalue weighted by Crippen LogP contribution is -2.32. The van der Waals surface area contributed by atoms with E-state index in [1.807, 2.05) is 0 Å². The number of hydrogen-bond donors (Lipinski definition) is 1. The summed E-state index contributed by atoms with van der Waals surface area (Å²) < 4.78 is 0. The van der Waals surface area contributed by atoms with Gasteiger partial charge in [0.25, 0.3) is 0 Å². The highest BCUT2D eigenvalue weighted by Crippen LogP contribution is 2.15. The van der Waals surface area contributed by atoms with Gasteiger partial charge in [0, 0.05) is 6.54 Å². The van der Waals surface area contributed by atoms with Gasteiger partial charge in [-0.3, -0.25) is 0 Å². The predicted molar refractivity (Wildman–Crippen MR) is 82.4 cm³/mol. The number of piperidine rings is 1. The first-order chi connectivity index (χ1) is 9.28. The molecule has 1 N–H and O–H groups in total. The first-order valence-electron chi connectivity index (χ1n) is 7.75. The van der Waals surface area contributed by atoms with Crippen LogP contribution < -0.4 is 5.32 Å². The molecule has 1 fully saturated rings. The molecule has 0 bridgehead atoms. The zero-order chi connectivity index (χ0) is 13.5. The van der Waals surface area contributed by atoms with E-state index in [1.54, 1.807) is 0 Å². The molecule has 1 aromatic carbocycles. The lowest BCUT2D eigenvalue weighted by Gasteiger charge is -2.25. The smallest absolute Gasteiger partial charge is 0.0230 e. The molecule has 1 aliphatic heterocycles. The molecule has 19 heavy (non-hydrogen) atoms. The van der Waals surface area contributed by atoms with Crippen molar-refractivity contribution in [3.05, 3.63) is 35.4 Å². The predicted octanol–water partition coefficient (Wildman–Crippen LogP) is 3.07. The lowest BCUT2D eigenvalue weighted by atomic mass is 9.96. The van der Waals surface area contributed by atoms with E-state index in [0.717, 1.165) is 18.9 Å². The minimum Gasteiger partial charge on any atom is -0.316 e. The van der Waals surface area contributed by atoms with Crippen LogP contribution in [0.4, 0.5) is 0 Å². The molecule has 2 rings (SSSR count). The summed E-state index contributed by atoms with van der Waals surface area (Å²) in [6.07, 6.45) is 5.22. The fourth-order valence-electron chi connectivity index (χ4n) is 2.84. The molecule has 2 nitrogen and oxygen atoms in total. The van der Waals surface area contributed by atoms with Crippen LogP contribution in [-0.4, -0.2) is 31.6 Å². The third-order valence-electron chi connectivity index (χ3n) is 4.20. The third kappa shape index (κ3) is 4.96. The van der Waals surface area contributed by atoms with E-state index in [1.165, 1.54) is 50.0 Å². The Kier molecular flexibility index (Phi) is 5.87. The molecule has 1 heterocycles. The average Bonchev–Trinajstić information content (AvgIpc) is 2.47. The van der Waals surface area contributed by atoms with Crippen LogP contribution in [0.3, 0.4) is 0 Å². The Bertz CT molecular complexity index is 352. The number of aryl methyl sites for hydroxylation is 1. The lowest BCUT2D eigenvalue weighted by molar-refractivity contribution is 0.268. The fourth-order valence-corrected chi connectivity index (χ4v) is 2.84. The van der Waals surface area contributed by atoms with Gasteiger partial charge in [0.2, 0.25) is 0 Å². The van der Waals surface area contributed by atoms with Gasteiger partial charge < -0.3 is 10.2 Å². The van der Waals surface area contributed by atoms with Crippen LogP contribution in [0.15, 0.2) is 24.3 Å². The minimum absolute atomic E-state index is 0.888. The molecule has 0 saturated carbocycles. The molecule has 1 aromatic rings. The number of nitrogens with zero attached hydrogens (tertiary/aromatic N) is 1. The summed E-state index contributed by atoms with van der Waals surface area (Å²) >= 11 is 0. The van der Waals surface area contributed by atoms with Gasteiger partial charge >= 0.3 is 0 Å². The van der Waals surface area contributed by atoms with Crippen LogP contribution in [0.5, 0.6) is 0 Å². The van der Waals surface area contributed by atoms with Crippen LogP contribution in [0.2, 0.25) is 0 Å². The van der Waals surface area contributed by atoms with E-state index >= 15 is 0 Å². The van der Waals surface area contributed by atoms with E-state index in [9.17, 15) is 0 Å². The molecular weight excluding hydrogens is 232 g/mol. The normalized spacial score (nSPS) is 19.8. The molecular formula is C17H28N2. The molecule has 1 unspecified atom stereocenters. The molecule has 1 aliphatic rings. The average molecular weight is 260 g/mol. The van der Waals surface area contributed by atoms with Crippen molar-refractivity contribution < 1.29 is 0 Å².